The van der Waals surface area contributed by atoms with Crippen molar-refractivity contribution in [3.8, 4) is 5.75 Å². The molecule has 0 unspecified atom stereocenters. The Hall–Kier alpha value is -1.55. The van der Waals surface area contributed by atoms with Crippen molar-refractivity contribution in [3.05, 3.63) is 23.8 Å². The van der Waals surface area contributed by atoms with Gasteiger partial charge in [-0.05, 0) is 43.5 Å². The van der Waals surface area contributed by atoms with E-state index in [1.807, 2.05) is 18.2 Å². The topological polar surface area (TPSA) is 50.4 Å². The van der Waals surface area contributed by atoms with Gasteiger partial charge in [-0.2, -0.15) is 0 Å². The van der Waals surface area contributed by atoms with E-state index in [0.29, 0.717) is 5.75 Å². The Morgan fingerprint density at radius 3 is 2.83 bits per heavy atom. The summed E-state index contributed by atoms with van der Waals surface area (Å²) in [5, 5.41) is 6.27. The van der Waals surface area contributed by atoms with Gasteiger partial charge in [0.1, 0.15) is 5.75 Å². The molecule has 4 nitrogen and oxygen atoms in total. The number of nitrogens with one attached hydrogen (secondary N) is 2. The van der Waals surface area contributed by atoms with Crippen molar-refractivity contribution in [3.63, 3.8) is 0 Å². The molecule has 2 N–H and O–H groups in total. The Bertz CT molecular complexity index is 428. The molecule has 1 aromatic carbocycles. The van der Waals surface area contributed by atoms with Gasteiger partial charge < -0.3 is 15.4 Å². The summed E-state index contributed by atoms with van der Waals surface area (Å²) in [5.41, 5.74) is 1.95. The van der Waals surface area contributed by atoms with Crippen molar-refractivity contribution in [2.45, 2.75) is 32.2 Å². The fourth-order valence-corrected chi connectivity index (χ4v) is 1.91. The first kappa shape index (κ1) is 12.9. The van der Waals surface area contributed by atoms with Crippen LogP contribution in [0.15, 0.2) is 18.2 Å². The number of methoxy groups -OCH3 is 1. The number of rotatable bonds is 6. The monoisotopic (exact) mass is 248 g/mol. The van der Waals surface area contributed by atoms with E-state index in [2.05, 4.69) is 10.6 Å². The molecule has 2 rings (SSSR count). The highest BCUT2D eigenvalue weighted by Gasteiger charge is 2.19. The first-order valence-electron chi connectivity index (χ1n) is 6.37. The molecule has 0 bridgehead atoms. The zero-order chi connectivity index (χ0) is 13.0. The largest absolute Gasteiger partial charge is 0.495 e. The molecule has 4 heteroatoms. The predicted octanol–water partition coefficient (Wildman–Crippen LogP) is 1.95. The highest BCUT2D eigenvalue weighted by molar-refractivity contribution is 5.90. The predicted molar refractivity (Wildman–Crippen MR) is 72.0 cm³/mol. The number of hydrogen-bond donors (Lipinski definition) is 2. The van der Waals surface area contributed by atoms with Crippen LogP contribution in [-0.4, -0.2) is 25.6 Å². The Morgan fingerprint density at radius 2 is 2.22 bits per heavy atom. The number of amides is 1. The second-order valence-electron chi connectivity index (χ2n) is 4.69. The van der Waals surface area contributed by atoms with Crippen LogP contribution in [0.1, 0.15) is 25.3 Å². The number of carbonyl (C=O) groups is 1. The molecule has 0 aliphatic heterocycles. The maximum absolute atomic E-state index is 11.1. The first-order chi connectivity index (χ1) is 8.69. The van der Waals surface area contributed by atoms with E-state index in [0.717, 1.165) is 24.7 Å². The van der Waals surface area contributed by atoms with Crippen LogP contribution >= 0.6 is 0 Å². The quantitative estimate of drug-likeness (QED) is 0.809. The van der Waals surface area contributed by atoms with Crippen molar-refractivity contribution in [2.24, 2.45) is 0 Å². The van der Waals surface area contributed by atoms with Gasteiger partial charge in [0.25, 0.3) is 0 Å². The van der Waals surface area contributed by atoms with E-state index < -0.39 is 0 Å². The minimum atomic E-state index is -0.0819. The van der Waals surface area contributed by atoms with E-state index in [-0.39, 0.29) is 5.91 Å². The summed E-state index contributed by atoms with van der Waals surface area (Å²) in [6.45, 7) is 2.48. The van der Waals surface area contributed by atoms with Gasteiger partial charge in [0.05, 0.1) is 12.8 Å². The number of ether oxygens (including phenoxy) is 1. The van der Waals surface area contributed by atoms with Gasteiger partial charge in [-0.15, -0.1) is 0 Å². The standard InChI is InChI=1S/C14H20N2O2/c1-10(17)16-13-9-11(3-6-14(13)18-2)7-8-15-12-4-5-12/h3,6,9,12,15H,4-5,7-8H2,1-2H3,(H,16,17). The average molecular weight is 248 g/mol. The van der Waals surface area contributed by atoms with Crippen LogP contribution < -0.4 is 15.4 Å². The fourth-order valence-electron chi connectivity index (χ4n) is 1.91. The lowest BCUT2D eigenvalue weighted by atomic mass is 10.1. The summed E-state index contributed by atoms with van der Waals surface area (Å²) in [5.74, 6) is 0.616. The Morgan fingerprint density at radius 1 is 1.44 bits per heavy atom. The number of benzene rings is 1. The maximum atomic E-state index is 11.1. The average Bonchev–Trinajstić information content (AvgIpc) is 3.13. The van der Waals surface area contributed by atoms with E-state index in [1.54, 1.807) is 7.11 Å². The molecule has 98 valence electrons. The third-order valence-electron chi connectivity index (χ3n) is 3.00. The summed E-state index contributed by atoms with van der Waals surface area (Å²) >= 11 is 0. The lowest BCUT2D eigenvalue weighted by molar-refractivity contribution is -0.114. The Labute approximate surface area is 108 Å². The number of anilines is 1. The Balaban J connectivity index is 1.98. The summed E-state index contributed by atoms with van der Waals surface area (Å²) in [4.78, 5) is 11.1. The van der Waals surface area contributed by atoms with Crippen molar-refractivity contribution < 1.29 is 9.53 Å². The zero-order valence-corrected chi connectivity index (χ0v) is 11.0. The van der Waals surface area contributed by atoms with Crippen LogP contribution in [0.4, 0.5) is 5.69 Å². The van der Waals surface area contributed by atoms with Gasteiger partial charge >= 0.3 is 0 Å². The van der Waals surface area contributed by atoms with E-state index in [1.165, 1.54) is 25.3 Å². The molecule has 1 fully saturated rings. The summed E-state index contributed by atoms with van der Waals surface area (Å²) in [6, 6.07) is 6.66. The highest BCUT2D eigenvalue weighted by atomic mass is 16.5. The van der Waals surface area contributed by atoms with Gasteiger partial charge in [0.15, 0.2) is 0 Å². The number of carbonyl (C=O) groups excluding carboxylic acids is 1. The highest BCUT2D eigenvalue weighted by Crippen LogP contribution is 2.25. The van der Waals surface area contributed by atoms with Crippen molar-refractivity contribution in [2.75, 3.05) is 19.0 Å². The zero-order valence-electron chi connectivity index (χ0n) is 11.0. The first-order valence-corrected chi connectivity index (χ1v) is 6.37. The van der Waals surface area contributed by atoms with Crippen LogP contribution in [0.5, 0.6) is 5.75 Å². The molecule has 0 aromatic heterocycles. The smallest absolute Gasteiger partial charge is 0.221 e. The molecule has 0 spiro atoms. The third-order valence-corrected chi connectivity index (χ3v) is 3.00. The van der Waals surface area contributed by atoms with E-state index in [9.17, 15) is 4.79 Å². The molecule has 1 saturated carbocycles. The van der Waals surface area contributed by atoms with Crippen molar-refractivity contribution in [1.29, 1.82) is 0 Å². The fraction of sp³-hybridized carbons (Fsp3) is 0.500. The molecular weight excluding hydrogens is 228 g/mol. The second kappa shape index (κ2) is 5.87. The van der Waals surface area contributed by atoms with Gasteiger partial charge in [-0.1, -0.05) is 6.07 Å². The minimum absolute atomic E-state index is 0.0819. The molecule has 0 heterocycles. The molecule has 1 aliphatic rings. The van der Waals surface area contributed by atoms with Gasteiger partial charge in [0, 0.05) is 13.0 Å². The lowest BCUT2D eigenvalue weighted by Crippen LogP contribution is -2.19. The molecule has 1 amide bonds. The second-order valence-corrected chi connectivity index (χ2v) is 4.69. The molecule has 0 atom stereocenters. The third kappa shape index (κ3) is 3.74. The maximum Gasteiger partial charge on any atom is 0.221 e. The minimum Gasteiger partial charge on any atom is -0.495 e. The van der Waals surface area contributed by atoms with E-state index in [4.69, 9.17) is 4.74 Å². The molecule has 18 heavy (non-hydrogen) atoms. The molecule has 0 radical (unpaired) electrons. The van der Waals surface area contributed by atoms with Gasteiger partial charge in [0.2, 0.25) is 5.91 Å². The lowest BCUT2D eigenvalue weighted by Gasteiger charge is -2.11. The summed E-state index contributed by atoms with van der Waals surface area (Å²) < 4.78 is 5.22. The van der Waals surface area contributed by atoms with Gasteiger partial charge in [-0.3, -0.25) is 4.79 Å². The van der Waals surface area contributed by atoms with Crippen molar-refractivity contribution >= 4 is 11.6 Å². The molecular formula is C14H20N2O2. The summed E-state index contributed by atoms with van der Waals surface area (Å²) in [7, 11) is 1.61. The molecule has 1 aliphatic carbocycles. The normalized spacial score (nSPS) is 14.3. The van der Waals surface area contributed by atoms with Crippen LogP contribution in [-0.2, 0) is 11.2 Å². The number of hydrogen-bond acceptors (Lipinski definition) is 3. The van der Waals surface area contributed by atoms with Crippen LogP contribution in [0, 0.1) is 0 Å². The van der Waals surface area contributed by atoms with Gasteiger partial charge in [-0.25, -0.2) is 0 Å². The SMILES string of the molecule is COc1ccc(CCNC2CC2)cc1NC(C)=O. The summed E-state index contributed by atoms with van der Waals surface area (Å²) in [6.07, 6.45) is 3.58. The molecule has 0 saturated heterocycles. The van der Waals surface area contributed by atoms with Crippen LogP contribution in [0.25, 0.3) is 0 Å². The van der Waals surface area contributed by atoms with Crippen LogP contribution in [0.3, 0.4) is 0 Å². The van der Waals surface area contributed by atoms with Crippen molar-refractivity contribution in [1.82, 2.24) is 5.32 Å². The van der Waals surface area contributed by atoms with E-state index >= 15 is 0 Å². The molecule has 1 aromatic rings. The van der Waals surface area contributed by atoms with Crippen LogP contribution in [0.2, 0.25) is 0 Å². The Kier molecular flexibility index (Phi) is 4.20.